The summed E-state index contributed by atoms with van der Waals surface area (Å²) in [6.45, 7) is 0. The second-order valence-electron chi connectivity index (χ2n) is 7.67. The number of nitrogens with zero attached hydrogens (tertiary/aromatic N) is 3. The number of hydrogen-bond donors (Lipinski definition) is 1. The van der Waals surface area contributed by atoms with Crippen molar-refractivity contribution in [2.24, 2.45) is 0 Å². The van der Waals surface area contributed by atoms with Gasteiger partial charge in [-0.3, -0.25) is 4.79 Å². The minimum Gasteiger partial charge on any atom is -0.451 e. The third-order valence-corrected chi connectivity index (χ3v) is 6.63. The van der Waals surface area contributed by atoms with E-state index in [1.54, 1.807) is 24.3 Å². The Morgan fingerprint density at radius 1 is 1.08 bits per heavy atom. The summed E-state index contributed by atoms with van der Waals surface area (Å²) in [4.78, 5) is 18.2. The molecular weight excluding hydrogens is 513 g/mol. The molecule has 0 fully saturated rings. The van der Waals surface area contributed by atoms with E-state index in [-0.39, 0.29) is 17.1 Å². The molecule has 0 spiro atoms. The number of aromatic nitrogens is 3. The fraction of sp³-hybridized carbons (Fsp3) is 0.0800. The average Bonchev–Trinajstić information content (AvgIpc) is 3.51. The zero-order chi connectivity index (χ0) is 25.3. The molecule has 182 valence electrons. The molecule has 36 heavy (non-hydrogen) atoms. The summed E-state index contributed by atoms with van der Waals surface area (Å²) in [5.74, 6) is -0.280. The lowest BCUT2D eigenvalue weighted by Gasteiger charge is -2.14. The van der Waals surface area contributed by atoms with Gasteiger partial charge in [0.2, 0.25) is 0 Å². The molecule has 3 aromatic carbocycles. The van der Waals surface area contributed by atoms with Crippen molar-refractivity contribution in [2.45, 2.75) is 16.8 Å². The molecule has 2 heterocycles. The summed E-state index contributed by atoms with van der Waals surface area (Å²) in [6.07, 6.45) is -2.03. The van der Waals surface area contributed by atoms with Crippen LogP contribution >= 0.6 is 23.4 Å². The van der Waals surface area contributed by atoms with Crippen molar-refractivity contribution in [1.29, 1.82) is 0 Å². The number of carbonyl (C=O) groups is 1. The number of fused-ring (bicyclic) bond motifs is 1. The monoisotopic (exact) mass is 528 g/mol. The molecule has 5 rings (SSSR count). The summed E-state index contributed by atoms with van der Waals surface area (Å²) >= 11 is 7.44. The lowest BCUT2D eigenvalue weighted by Crippen LogP contribution is -2.16. The van der Waals surface area contributed by atoms with Crippen LogP contribution in [0.25, 0.3) is 16.7 Å². The Labute approximate surface area is 212 Å². The predicted octanol–water partition coefficient (Wildman–Crippen LogP) is 7.23. The van der Waals surface area contributed by atoms with Crippen LogP contribution < -0.4 is 5.32 Å². The molecule has 6 nitrogen and oxygen atoms in total. The maximum Gasteiger partial charge on any atom is 0.416 e. The van der Waals surface area contributed by atoms with Crippen LogP contribution in [0.2, 0.25) is 5.02 Å². The Hall–Kier alpha value is -3.76. The van der Waals surface area contributed by atoms with Gasteiger partial charge in [-0.05, 0) is 48.5 Å². The summed E-state index contributed by atoms with van der Waals surface area (Å²) in [5, 5.41) is 7.91. The highest BCUT2D eigenvalue weighted by atomic mass is 35.5. The number of halogens is 4. The van der Waals surface area contributed by atoms with E-state index in [1.165, 1.54) is 35.2 Å². The number of furan rings is 1. The van der Waals surface area contributed by atoms with E-state index in [4.69, 9.17) is 16.0 Å². The molecule has 0 unspecified atom stereocenters. The fourth-order valence-corrected chi connectivity index (χ4v) is 4.69. The molecule has 5 aromatic rings. The Bertz CT molecular complexity index is 1530. The Morgan fingerprint density at radius 3 is 2.58 bits per heavy atom. The minimum atomic E-state index is -4.60. The maximum absolute atomic E-state index is 13.4. The first-order valence-electron chi connectivity index (χ1n) is 10.6. The van der Waals surface area contributed by atoms with Gasteiger partial charge in [-0.2, -0.15) is 18.3 Å². The van der Waals surface area contributed by atoms with Gasteiger partial charge in [0.25, 0.3) is 5.91 Å². The molecule has 1 N–H and O–H groups in total. The highest BCUT2D eigenvalue weighted by Gasteiger charge is 2.32. The molecule has 0 aliphatic rings. The van der Waals surface area contributed by atoms with Crippen LogP contribution in [0.5, 0.6) is 0 Å². The molecule has 0 atom stereocenters. The van der Waals surface area contributed by atoms with Crippen LogP contribution in [0.4, 0.5) is 18.9 Å². The van der Waals surface area contributed by atoms with Crippen molar-refractivity contribution in [3.63, 3.8) is 0 Å². The largest absolute Gasteiger partial charge is 0.451 e. The van der Waals surface area contributed by atoms with Gasteiger partial charge in [0.05, 0.1) is 16.9 Å². The Morgan fingerprint density at radius 2 is 1.86 bits per heavy atom. The van der Waals surface area contributed by atoms with Crippen molar-refractivity contribution in [3.05, 3.63) is 101 Å². The lowest BCUT2D eigenvalue weighted by molar-refractivity contribution is -0.137. The number of carbonyl (C=O) groups excluding carboxylic acids is 1. The van der Waals surface area contributed by atoms with Gasteiger partial charge in [-0.25, -0.2) is 9.67 Å². The smallest absolute Gasteiger partial charge is 0.416 e. The third kappa shape index (κ3) is 4.95. The number of alkyl halides is 3. The highest BCUT2D eigenvalue weighted by Crippen LogP contribution is 2.35. The van der Waals surface area contributed by atoms with E-state index in [1.807, 2.05) is 24.3 Å². The second kappa shape index (κ2) is 9.71. The van der Waals surface area contributed by atoms with Crippen molar-refractivity contribution in [2.75, 3.05) is 5.32 Å². The van der Waals surface area contributed by atoms with Crippen LogP contribution in [-0.2, 0) is 11.9 Å². The molecule has 0 saturated carbocycles. The molecule has 11 heteroatoms. The number of thioether (sulfide) groups is 1. The molecule has 0 aliphatic carbocycles. The fourth-order valence-electron chi connectivity index (χ4n) is 3.64. The standard InChI is InChI=1S/C25H16ClF3N4O2S/c26-16-6-8-17(9-7-16)36-12-19-18-3-1-2-4-22(18)35-23(19)24(34)32-20-11-15(25(27,28)29)5-10-21(20)33-14-30-13-31-33/h1-11,13-14H,12H2,(H,32,34). The number of nitrogens with one attached hydrogen (secondary N) is 1. The highest BCUT2D eigenvalue weighted by molar-refractivity contribution is 7.98. The predicted molar refractivity (Wildman–Crippen MR) is 132 cm³/mol. The normalized spacial score (nSPS) is 11.7. The first-order valence-corrected chi connectivity index (χ1v) is 11.9. The third-order valence-electron chi connectivity index (χ3n) is 5.34. The number of rotatable bonds is 6. The first-order chi connectivity index (χ1) is 17.3. The molecule has 0 aliphatic heterocycles. The summed E-state index contributed by atoms with van der Waals surface area (Å²) < 4.78 is 47.4. The van der Waals surface area contributed by atoms with Gasteiger partial charge in [-0.15, -0.1) is 11.8 Å². The molecule has 1 amide bonds. The maximum atomic E-state index is 13.4. The minimum absolute atomic E-state index is 0.0135. The van der Waals surface area contributed by atoms with E-state index in [0.29, 0.717) is 21.9 Å². The van der Waals surface area contributed by atoms with E-state index in [2.05, 4.69) is 15.4 Å². The quantitative estimate of drug-likeness (QED) is 0.235. The lowest BCUT2D eigenvalue weighted by atomic mass is 10.1. The Balaban J connectivity index is 1.51. The zero-order valence-electron chi connectivity index (χ0n) is 18.3. The number of anilines is 1. The van der Waals surface area contributed by atoms with Gasteiger partial charge in [0.1, 0.15) is 18.2 Å². The van der Waals surface area contributed by atoms with E-state index < -0.39 is 17.6 Å². The Kier molecular flexibility index (Phi) is 6.46. The zero-order valence-corrected chi connectivity index (χ0v) is 19.9. The molecule has 0 bridgehead atoms. The number of para-hydroxylation sites is 1. The molecule has 2 aromatic heterocycles. The van der Waals surface area contributed by atoms with Crippen molar-refractivity contribution in [3.8, 4) is 5.69 Å². The van der Waals surface area contributed by atoms with Gasteiger partial charge < -0.3 is 9.73 Å². The van der Waals surface area contributed by atoms with Crippen LogP contribution in [0, 0.1) is 0 Å². The number of benzene rings is 3. The number of amides is 1. The average molecular weight is 529 g/mol. The number of hydrogen-bond acceptors (Lipinski definition) is 5. The van der Waals surface area contributed by atoms with Gasteiger partial charge in [0.15, 0.2) is 5.76 Å². The van der Waals surface area contributed by atoms with Crippen molar-refractivity contribution < 1.29 is 22.4 Å². The molecule has 0 saturated heterocycles. The first kappa shape index (κ1) is 24.0. The van der Waals surface area contributed by atoms with E-state index in [9.17, 15) is 18.0 Å². The van der Waals surface area contributed by atoms with Gasteiger partial charge in [0, 0.05) is 26.6 Å². The van der Waals surface area contributed by atoms with Crippen LogP contribution in [0.3, 0.4) is 0 Å². The topological polar surface area (TPSA) is 73.0 Å². The SMILES string of the molecule is O=C(Nc1cc(C(F)(F)F)ccc1-n1cncn1)c1oc2ccccc2c1CSc1ccc(Cl)cc1. The molecular formula is C25H16ClF3N4O2S. The van der Waals surface area contributed by atoms with Crippen LogP contribution in [0.1, 0.15) is 21.7 Å². The van der Waals surface area contributed by atoms with Crippen molar-refractivity contribution in [1.82, 2.24) is 14.8 Å². The summed E-state index contributed by atoms with van der Waals surface area (Å²) in [5.41, 5.74) is 0.344. The van der Waals surface area contributed by atoms with Crippen LogP contribution in [0.15, 0.2) is 88.7 Å². The van der Waals surface area contributed by atoms with Gasteiger partial charge >= 0.3 is 6.18 Å². The van der Waals surface area contributed by atoms with Gasteiger partial charge in [-0.1, -0.05) is 29.8 Å². The van der Waals surface area contributed by atoms with Crippen LogP contribution in [-0.4, -0.2) is 20.7 Å². The second-order valence-corrected chi connectivity index (χ2v) is 9.16. The van der Waals surface area contributed by atoms with E-state index >= 15 is 0 Å². The molecule has 0 radical (unpaired) electrons. The summed E-state index contributed by atoms with van der Waals surface area (Å²) in [7, 11) is 0. The summed E-state index contributed by atoms with van der Waals surface area (Å²) in [6, 6.07) is 17.4. The van der Waals surface area contributed by atoms with Crippen molar-refractivity contribution >= 4 is 45.9 Å². The van der Waals surface area contributed by atoms with E-state index in [0.717, 1.165) is 22.4 Å².